The van der Waals surface area contributed by atoms with Crippen molar-refractivity contribution in [2.24, 2.45) is 0 Å². The van der Waals surface area contributed by atoms with Crippen molar-refractivity contribution in [1.82, 2.24) is 9.55 Å². The third-order valence-electron chi connectivity index (χ3n) is 3.31. The fourth-order valence-electron chi connectivity index (χ4n) is 2.34. The van der Waals surface area contributed by atoms with Crippen LogP contribution in [0.15, 0.2) is 30.9 Å². The normalized spacial score (nSPS) is 11.1. The maximum absolute atomic E-state index is 6.29. The first kappa shape index (κ1) is 14.7. The van der Waals surface area contributed by atoms with E-state index in [9.17, 15) is 0 Å². The Hall–Kier alpha value is -1.74. The molecule has 106 valence electrons. The SMILES string of the molecule is C=CCn1c(C(C)C)nc(-c2ccc(Cl)cc2C)c1N. The van der Waals surface area contributed by atoms with E-state index in [4.69, 9.17) is 22.3 Å². The molecule has 0 fully saturated rings. The van der Waals surface area contributed by atoms with Crippen LogP contribution < -0.4 is 5.73 Å². The van der Waals surface area contributed by atoms with Crippen molar-refractivity contribution >= 4 is 17.4 Å². The third-order valence-corrected chi connectivity index (χ3v) is 3.54. The maximum Gasteiger partial charge on any atom is 0.132 e. The average molecular weight is 290 g/mol. The molecule has 3 nitrogen and oxygen atoms in total. The Labute approximate surface area is 125 Å². The maximum atomic E-state index is 6.29. The zero-order valence-electron chi connectivity index (χ0n) is 12.2. The summed E-state index contributed by atoms with van der Waals surface area (Å²) in [5.74, 6) is 1.96. The first-order valence-corrected chi connectivity index (χ1v) is 7.06. The van der Waals surface area contributed by atoms with Gasteiger partial charge in [0.25, 0.3) is 0 Å². The van der Waals surface area contributed by atoms with Gasteiger partial charge in [0.1, 0.15) is 17.3 Å². The zero-order chi connectivity index (χ0) is 14.9. The molecule has 0 atom stereocenters. The lowest BCUT2D eigenvalue weighted by Gasteiger charge is -2.09. The highest BCUT2D eigenvalue weighted by molar-refractivity contribution is 6.30. The Morgan fingerprint density at radius 2 is 2.15 bits per heavy atom. The lowest BCUT2D eigenvalue weighted by molar-refractivity contribution is 0.684. The number of hydrogen-bond donors (Lipinski definition) is 1. The Morgan fingerprint density at radius 1 is 1.45 bits per heavy atom. The minimum atomic E-state index is 0.304. The fourth-order valence-corrected chi connectivity index (χ4v) is 2.56. The summed E-state index contributed by atoms with van der Waals surface area (Å²) in [5, 5.41) is 0.722. The van der Waals surface area contributed by atoms with Gasteiger partial charge in [0, 0.05) is 23.0 Å². The van der Waals surface area contributed by atoms with E-state index in [1.807, 2.05) is 35.8 Å². The van der Waals surface area contributed by atoms with Crippen molar-refractivity contribution in [2.45, 2.75) is 33.2 Å². The van der Waals surface area contributed by atoms with Gasteiger partial charge in [0.2, 0.25) is 0 Å². The van der Waals surface area contributed by atoms with Gasteiger partial charge in [-0.05, 0) is 24.6 Å². The van der Waals surface area contributed by atoms with Gasteiger partial charge >= 0.3 is 0 Å². The molecule has 0 saturated heterocycles. The molecule has 0 amide bonds. The number of aryl methyl sites for hydroxylation is 1. The molecule has 0 bridgehead atoms. The summed E-state index contributed by atoms with van der Waals surface area (Å²) in [6.45, 7) is 10.7. The average Bonchev–Trinajstić information content (AvgIpc) is 2.68. The number of allylic oxidation sites excluding steroid dienone is 1. The second kappa shape index (κ2) is 5.71. The van der Waals surface area contributed by atoms with Crippen LogP contribution in [0.5, 0.6) is 0 Å². The van der Waals surface area contributed by atoms with Crippen LogP contribution in [0.4, 0.5) is 5.82 Å². The van der Waals surface area contributed by atoms with Crippen molar-refractivity contribution in [2.75, 3.05) is 5.73 Å². The monoisotopic (exact) mass is 289 g/mol. The number of nitrogens with two attached hydrogens (primary N) is 1. The summed E-state index contributed by atoms with van der Waals surface area (Å²) in [4.78, 5) is 4.74. The summed E-state index contributed by atoms with van der Waals surface area (Å²) in [6, 6.07) is 5.77. The van der Waals surface area contributed by atoms with Crippen LogP contribution in [-0.4, -0.2) is 9.55 Å². The van der Waals surface area contributed by atoms with E-state index >= 15 is 0 Å². The molecule has 0 saturated carbocycles. The molecule has 0 spiro atoms. The lowest BCUT2D eigenvalue weighted by atomic mass is 10.1. The number of imidazole rings is 1. The Kier molecular flexibility index (Phi) is 4.19. The molecule has 1 aromatic heterocycles. The quantitative estimate of drug-likeness (QED) is 0.848. The highest BCUT2D eigenvalue weighted by Crippen LogP contribution is 2.32. The summed E-state index contributed by atoms with van der Waals surface area (Å²) in [7, 11) is 0. The Bertz CT molecular complexity index is 641. The van der Waals surface area contributed by atoms with Gasteiger partial charge in [-0.2, -0.15) is 0 Å². The molecular weight excluding hydrogens is 270 g/mol. The largest absolute Gasteiger partial charge is 0.383 e. The summed E-state index contributed by atoms with van der Waals surface area (Å²) in [5.41, 5.74) is 9.21. The van der Waals surface area contributed by atoms with Gasteiger partial charge in [0.15, 0.2) is 0 Å². The number of benzene rings is 1. The number of nitrogens with zero attached hydrogens (tertiary/aromatic N) is 2. The van der Waals surface area contributed by atoms with E-state index in [2.05, 4.69) is 20.4 Å². The van der Waals surface area contributed by atoms with Crippen LogP contribution >= 0.6 is 11.6 Å². The molecule has 0 aliphatic carbocycles. The smallest absolute Gasteiger partial charge is 0.132 e. The summed E-state index contributed by atoms with van der Waals surface area (Å²) < 4.78 is 2.01. The number of nitrogen functional groups attached to an aromatic ring is 1. The minimum Gasteiger partial charge on any atom is -0.383 e. The van der Waals surface area contributed by atoms with E-state index in [0.29, 0.717) is 18.3 Å². The van der Waals surface area contributed by atoms with Crippen LogP contribution in [0.3, 0.4) is 0 Å². The third kappa shape index (κ3) is 2.59. The zero-order valence-corrected chi connectivity index (χ0v) is 12.9. The number of rotatable bonds is 4. The Morgan fingerprint density at radius 3 is 2.70 bits per heavy atom. The molecule has 4 heteroatoms. The molecule has 20 heavy (non-hydrogen) atoms. The minimum absolute atomic E-state index is 0.304. The molecular formula is C16H20ClN3. The van der Waals surface area contributed by atoms with Crippen molar-refractivity contribution < 1.29 is 0 Å². The highest BCUT2D eigenvalue weighted by atomic mass is 35.5. The van der Waals surface area contributed by atoms with E-state index < -0.39 is 0 Å². The number of halogens is 1. The first-order valence-electron chi connectivity index (χ1n) is 6.69. The van der Waals surface area contributed by atoms with Gasteiger partial charge < -0.3 is 10.3 Å². The lowest BCUT2D eigenvalue weighted by Crippen LogP contribution is -2.07. The molecule has 0 aliphatic rings. The summed E-state index contributed by atoms with van der Waals surface area (Å²) >= 11 is 6.01. The van der Waals surface area contributed by atoms with Gasteiger partial charge in [-0.25, -0.2) is 4.98 Å². The molecule has 2 aromatic rings. The van der Waals surface area contributed by atoms with Crippen LogP contribution in [0.1, 0.15) is 31.2 Å². The number of aromatic nitrogens is 2. The second-order valence-electron chi connectivity index (χ2n) is 5.22. The first-order chi connectivity index (χ1) is 9.45. The molecule has 2 rings (SSSR count). The van der Waals surface area contributed by atoms with Crippen LogP contribution in [0.25, 0.3) is 11.3 Å². The van der Waals surface area contributed by atoms with Crippen LogP contribution in [0.2, 0.25) is 5.02 Å². The molecule has 1 heterocycles. The standard InChI is InChI=1S/C16H20ClN3/c1-5-8-20-15(18)14(19-16(20)10(2)3)13-7-6-12(17)9-11(13)4/h5-7,9-10H,1,8,18H2,2-4H3. The predicted molar refractivity (Wildman–Crippen MR) is 86.1 cm³/mol. The predicted octanol–water partition coefficient (Wildman–Crippen LogP) is 4.40. The van der Waals surface area contributed by atoms with E-state index in [1.165, 1.54) is 0 Å². The van der Waals surface area contributed by atoms with Gasteiger partial charge in [-0.1, -0.05) is 37.6 Å². The molecule has 0 radical (unpaired) electrons. The number of anilines is 1. The van der Waals surface area contributed by atoms with Crippen molar-refractivity contribution in [3.05, 3.63) is 47.3 Å². The number of hydrogen-bond acceptors (Lipinski definition) is 2. The summed E-state index contributed by atoms with van der Waals surface area (Å²) in [6.07, 6.45) is 1.84. The molecule has 1 aromatic carbocycles. The fraction of sp³-hybridized carbons (Fsp3) is 0.312. The topological polar surface area (TPSA) is 43.8 Å². The van der Waals surface area contributed by atoms with Crippen LogP contribution in [0, 0.1) is 6.92 Å². The van der Waals surface area contributed by atoms with Crippen LogP contribution in [-0.2, 0) is 6.54 Å². The van der Waals surface area contributed by atoms with Crippen molar-refractivity contribution in [3.63, 3.8) is 0 Å². The van der Waals surface area contributed by atoms with Crippen molar-refractivity contribution in [1.29, 1.82) is 0 Å². The van der Waals surface area contributed by atoms with E-state index in [1.54, 1.807) is 0 Å². The van der Waals surface area contributed by atoms with E-state index in [0.717, 1.165) is 27.7 Å². The van der Waals surface area contributed by atoms with E-state index in [-0.39, 0.29) is 0 Å². The Balaban J connectivity index is 2.62. The van der Waals surface area contributed by atoms with Gasteiger partial charge in [-0.15, -0.1) is 6.58 Å². The van der Waals surface area contributed by atoms with Gasteiger partial charge in [-0.3, -0.25) is 0 Å². The molecule has 0 unspecified atom stereocenters. The highest BCUT2D eigenvalue weighted by Gasteiger charge is 2.18. The molecule has 2 N–H and O–H groups in total. The molecule has 0 aliphatic heterocycles. The van der Waals surface area contributed by atoms with Gasteiger partial charge in [0.05, 0.1) is 0 Å². The van der Waals surface area contributed by atoms with Crippen molar-refractivity contribution in [3.8, 4) is 11.3 Å². The second-order valence-corrected chi connectivity index (χ2v) is 5.65.